The lowest BCUT2D eigenvalue weighted by molar-refractivity contribution is 0.0273. The van der Waals surface area contributed by atoms with E-state index >= 15 is 0 Å². The van der Waals surface area contributed by atoms with Gasteiger partial charge in [-0.1, -0.05) is 20.8 Å². The number of rotatable bonds is 4. The average molecular weight is 360 g/mol. The molecule has 1 rings (SSSR count). The van der Waals surface area contributed by atoms with Gasteiger partial charge in [-0.3, -0.25) is 0 Å². The van der Waals surface area contributed by atoms with Crippen LogP contribution < -0.4 is 5.32 Å². The van der Waals surface area contributed by atoms with Crippen molar-refractivity contribution in [1.82, 2.24) is 5.32 Å². The van der Waals surface area contributed by atoms with E-state index in [9.17, 15) is 9.90 Å². The van der Waals surface area contributed by atoms with Crippen LogP contribution in [0.2, 0.25) is 18.1 Å². The highest BCUT2D eigenvalue weighted by Crippen LogP contribution is 2.39. The Bertz CT molecular complexity index is 426. The fraction of sp³-hybridized carbons (Fsp3) is 0.944. The van der Waals surface area contributed by atoms with Gasteiger partial charge in [0.1, 0.15) is 5.60 Å². The zero-order chi connectivity index (χ0) is 18.8. The first-order valence-corrected chi connectivity index (χ1v) is 11.9. The van der Waals surface area contributed by atoms with E-state index in [0.29, 0.717) is 0 Å². The first kappa shape index (κ1) is 21.4. The first-order valence-electron chi connectivity index (χ1n) is 9.03. The number of hydrogen-bond donors (Lipinski definition) is 2. The minimum Gasteiger partial charge on any atom is -0.444 e. The molecule has 0 spiro atoms. The van der Waals surface area contributed by atoms with Crippen LogP contribution in [0.3, 0.4) is 0 Å². The highest BCUT2D eigenvalue weighted by atomic mass is 28.4. The van der Waals surface area contributed by atoms with Gasteiger partial charge >= 0.3 is 6.09 Å². The molecule has 1 fully saturated rings. The molecule has 0 radical (unpaired) electrons. The molecule has 1 aliphatic carbocycles. The molecule has 2 N–H and O–H groups in total. The van der Waals surface area contributed by atoms with Gasteiger partial charge in [0, 0.05) is 6.61 Å². The van der Waals surface area contributed by atoms with E-state index in [1.807, 2.05) is 20.8 Å². The van der Waals surface area contributed by atoms with Crippen LogP contribution >= 0.6 is 0 Å². The minimum atomic E-state index is -1.95. The smallest absolute Gasteiger partial charge is 0.407 e. The van der Waals surface area contributed by atoms with Crippen molar-refractivity contribution in [3.05, 3.63) is 0 Å². The molecule has 0 aromatic rings. The van der Waals surface area contributed by atoms with Gasteiger partial charge in [-0.15, -0.1) is 0 Å². The summed E-state index contributed by atoms with van der Waals surface area (Å²) < 4.78 is 12.0. The zero-order valence-electron chi connectivity index (χ0n) is 16.7. The van der Waals surface area contributed by atoms with Gasteiger partial charge in [-0.2, -0.15) is 0 Å². The van der Waals surface area contributed by atoms with Crippen LogP contribution in [0.4, 0.5) is 4.79 Å². The second-order valence-corrected chi connectivity index (χ2v) is 14.3. The summed E-state index contributed by atoms with van der Waals surface area (Å²) in [6.07, 6.45) is 2.03. The standard InChI is InChI=1S/C18H37NO4Si/c1-17(2,3)22-16(21)19-14-10-9-13(12-20)11-15(14)23-24(7,8)18(4,5)6/h13-15,20H,9-12H2,1-8H3,(H,19,21)/t13-,14-,15-/m1/s1. The molecule has 1 amide bonds. The normalized spacial score (nSPS) is 26.1. The highest BCUT2D eigenvalue weighted by Gasteiger charge is 2.43. The Kier molecular flexibility index (Phi) is 6.92. The average Bonchev–Trinajstić information content (AvgIpc) is 2.36. The lowest BCUT2D eigenvalue weighted by Gasteiger charge is -2.44. The van der Waals surface area contributed by atoms with Gasteiger partial charge in [0.05, 0.1) is 12.1 Å². The van der Waals surface area contributed by atoms with Crippen molar-refractivity contribution in [2.45, 2.75) is 96.7 Å². The molecule has 5 nitrogen and oxygen atoms in total. The maximum Gasteiger partial charge on any atom is 0.407 e. The van der Waals surface area contributed by atoms with Crippen LogP contribution in [0.5, 0.6) is 0 Å². The Morgan fingerprint density at radius 1 is 1.17 bits per heavy atom. The topological polar surface area (TPSA) is 67.8 Å². The molecule has 0 saturated heterocycles. The second kappa shape index (κ2) is 7.75. The van der Waals surface area contributed by atoms with Gasteiger partial charge in [0.2, 0.25) is 0 Å². The zero-order valence-corrected chi connectivity index (χ0v) is 17.7. The Morgan fingerprint density at radius 3 is 2.21 bits per heavy atom. The predicted octanol–water partition coefficient (Wildman–Crippen LogP) is 4.06. The maximum absolute atomic E-state index is 12.2. The number of aliphatic hydroxyl groups is 1. The van der Waals surface area contributed by atoms with Crippen LogP contribution in [0, 0.1) is 5.92 Å². The van der Waals surface area contributed by atoms with E-state index in [2.05, 4.69) is 39.2 Å². The Labute approximate surface area is 148 Å². The van der Waals surface area contributed by atoms with Gasteiger partial charge in [0.15, 0.2) is 8.32 Å². The van der Waals surface area contributed by atoms with Crippen molar-refractivity contribution < 1.29 is 19.1 Å². The Hall–Kier alpha value is -0.593. The molecule has 0 aliphatic heterocycles. The number of carbonyl (C=O) groups excluding carboxylic acids is 1. The van der Waals surface area contributed by atoms with Gasteiger partial charge < -0.3 is 19.6 Å². The van der Waals surface area contributed by atoms with E-state index in [-0.39, 0.29) is 29.7 Å². The third-order valence-electron chi connectivity index (χ3n) is 5.11. The summed E-state index contributed by atoms with van der Waals surface area (Å²) in [6, 6.07) is -0.0585. The van der Waals surface area contributed by atoms with Crippen molar-refractivity contribution in [2.75, 3.05) is 6.61 Å². The quantitative estimate of drug-likeness (QED) is 0.743. The van der Waals surface area contributed by atoms with E-state index in [4.69, 9.17) is 9.16 Å². The lowest BCUT2D eigenvalue weighted by atomic mass is 9.84. The van der Waals surface area contributed by atoms with Crippen molar-refractivity contribution in [1.29, 1.82) is 0 Å². The summed E-state index contributed by atoms with van der Waals surface area (Å²) in [5.41, 5.74) is -0.512. The number of amides is 1. The summed E-state index contributed by atoms with van der Waals surface area (Å²) in [5, 5.41) is 12.6. The van der Waals surface area contributed by atoms with Crippen molar-refractivity contribution in [2.24, 2.45) is 5.92 Å². The predicted molar refractivity (Wildman–Crippen MR) is 99.7 cm³/mol. The molecule has 0 heterocycles. The number of alkyl carbamates (subject to hydrolysis) is 1. The van der Waals surface area contributed by atoms with Gasteiger partial charge in [-0.25, -0.2) is 4.79 Å². The molecule has 1 saturated carbocycles. The lowest BCUT2D eigenvalue weighted by Crippen LogP contribution is -2.54. The number of carbonyl (C=O) groups is 1. The van der Waals surface area contributed by atoms with Crippen LogP contribution in [-0.2, 0) is 9.16 Å². The molecular weight excluding hydrogens is 322 g/mol. The van der Waals surface area contributed by atoms with Crippen LogP contribution in [0.1, 0.15) is 60.8 Å². The van der Waals surface area contributed by atoms with E-state index in [0.717, 1.165) is 19.3 Å². The molecule has 142 valence electrons. The Morgan fingerprint density at radius 2 is 1.75 bits per heavy atom. The first-order chi connectivity index (χ1) is 10.7. The van der Waals surface area contributed by atoms with E-state index in [1.54, 1.807) is 0 Å². The molecule has 24 heavy (non-hydrogen) atoms. The van der Waals surface area contributed by atoms with Gasteiger partial charge in [0.25, 0.3) is 0 Å². The number of hydrogen-bond acceptors (Lipinski definition) is 4. The van der Waals surface area contributed by atoms with Crippen LogP contribution in [0.15, 0.2) is 0 Å². The van der Waals surface area contributed by atoms with Gasteiger partial charge in [-0.05, 0) is 64.1 Å². The maximum atomic E-state index is 12.2. The fourth-order valence-corrected chi connectivity index (χ4v) is 4.06. The minimum absolute atomic E-state index is 0.0585. The summed E-state index contributed by atoms with van der Waals surface area (Å²) in [5.74, 6) is 0.247. The number of aliphatic hydroxyl groups excluding tert-OH is 1. The molecule has 3 atom stereocenters. The molecule has 0 unspecified atom stereocenters. The number of nitrogens with one attached hydrogen (secondary N) is 1. The van der Waals surface area contributed by atoms with E-state index in [1.165, 1.54) is 0 Å². The van der Waals surface area contributed by atoms with Crippen molar-refractivity contribution >= 4 is 14.4 Å². The molecule has 0 bridgehead atoms. The Balaban J connectivity index is 2.82. The summed E-state index contributed by atoms with van der Waals surface area (Å²) in [4.78, 5) is 12.2. The van der Waals surface area contributed by atoms with Crippen LogP contribution in [-0.4, -0.2) is 43.9 Å². The largest absolute Gasteiger partial charge is 0.444 e. The third kappa shape index (κ3) is 6.37. The van der Waals surface area contributed by atoms with Crippen LogP contribution in [0.25, 0.3) is 0 Å². The monoisotopic (exact) mass is 359 g/mol. The molecule has 6 heteroatoms. The highest BCUT2D eigenvalue weighted by molar-refractivity contribution is 6.74. The molecule has 0 aromatic carbocycles. The summed E-state index contributed by atoms with van der Waals surface area (Å²) >= 11 is 0. The summed E-state index contributed by atoms with van der Waals surface area (Å²) in [7, 11) is -1.95. The molecular formula is C18H37NO4Si. The van der Waals surface area contributed by atoms with E-state index < -0.39 is 20.0 Å². The SMILES string of the molecule is CC(C)(C)OC(=O)N[C@@H]1CC[C@@H](CO)C[C@H]1O[Si](C)(C)C(C)(C)C. The fourth-order valence-electron chi connectivity index (χ4n) is 2.69. The molecule has 1 aliphatic rings. The van der Waals surface area contributed by atoms with Crippen molar-refractivity contribution in [3.63, 3.8) is 0 Å². The third-order valence-corrected chi connectivity index (χ3v) is 9.62. The molecule has 0 aromatic heterocycles. The number of ether oxygens (including phenoxy) is 1. The summed E-state index contributed by atoms with van der Waals surface area (Å²) in [6.45, 7) is 16.8. The van der Waals surface area contributed by atoms with Crippen molar-refractivity contribution in [3.8, 4) is 0 Å². The second-order valence-electron chi connectivity index (χ2n) is 9.53.